The fourth-order valence-corrected chi connectivity index (χ4v) is 3.63. The lowest BCUT2D eigenvalue weighted by atomic mass is 9.84. The van der Waals surface area contributed by atoms with Crippen LogP contribution in [0.3, 0.4) is 0 Å². The first-order chi connectivity index (χ1) is 7.07. The van der Waals surface area contributed by atoms with Crippen molar-refractivity contribution in [3.05, 3.63) is 0 Å². The van der Waals surface area contributed by atoms with Gasteiger partial charge in [-0.2, -0.15) is 0 Å². The second kappa shape index (κ2) is 4.39. The zero-order valence-corrected chi connectivity index (χ0v) is 10.1. The van der Waals surface area contributed by atoms with Gasteiger partial charge in [0.1, 0.15) is 0 Å². The molecule has 0 radical (unpaired) electrons. The van der Waals surface area contributed by atoms with Crippen LogP contribution in [0.15, 0.2) is 0 Å². The summed E-state index contributed by atoms with van der Waals surface area (Å²) in [6.07, 6.45) is 4.66. The van der Waals surface area contributed by atoms with Crippen LogP contribution in [-0.4, -0.2) is 45.2 Å². The minimum atomic E-state index is -2.96. The molecule has 1 atom stereocenters. The van der Waals surface area contributed by atoms with Crippen LogP contribution in [0.1, 0.15) is 19.3 Å². The van der Waals surface area contributed by atoms with Crippen LogP contribution >= 0.6 is 0 Å². The van der Waals surface area contributed by atoms with Crippen molar-refractivity contribution in [2.45, 2.75) is 19.3 Å². The Morgan fingerprint density at radius 2 is 1.80 bits per heavy atom. The van der Waals surface area contributed by atoms with Crippen molar-refractivity contribution in [2.75, 3.05) is 32.4 Å². The zero-order chi connectivity index (χ0) is 10.9. The molecular formula is C10H20N2O2S. The molecule has 0 saturated carbocycles. The van der Waals surface area contributed by atoms with Crippen molar-refractivity contribution in [1.82, 2.24) is 9.62 Å². The predicted octanol–water partition coefficient (Wildman–Crippen LogP) is 0.267. The fraction of sp³-hybridized carbons (Fsp3) is 1.00. The van der Waals surface area contributed by atoms with Gasteiger partial charge < -0.3 is 5.32 Å². The molecular weight excluding hydrogens is 212 g/mol. The molecule has 0 aromatic carbocycles. The molecule has 0 spiro atoms. The molecule has 0 unspecified atom stereocenters. The van der Waals surface area contributed by atoms with Crippen molar-refractivity contribution in [3.8, 4) is 0 Å². The molecule has 0 bridgehead atoms. The van der Waals surface area contributed by atoms with Gasteiger partial charge in [-0.25, -0.2) is 12.7 Å². The lowest BCUT2D eigenvalue weighted by Crippen LogP contribution is -2.39. The molecule has 2 saturated heterocycles. The van der Waals surface area contributed by atoms with Crippen molar-refractivity contribution in [3.63, 3.8) is 0 Å². The second-order valence-corrected chi connectivity index (χ2v) is 6.73. The highest BCUT2D eigenvalue weighted by atomic mass is 32.2. The molecule has 15 heavy (non-hydrogen) atoms. The highest BCUT2D eigenvalue weighted by Gasteiger charge is 2.30. The SMILES string of the molecule is CS(=O)(=O)N1CCC([C@@H]2CCNC2)CC1. The highest BCUT2D eigenvalue weighted by molar-refractivity contribution is 7.88. The lowest BCUT2D eigenvalue weighted by Gasteiger charge is -2.33. The summed E-state index contributed by atoms with van der Waals surface area (Å²) in [4.78, 5) is 0. The van der Waals surface area contributed by atoms with Crippen LogP contribution in [0.4, 0.5) is 0 Å². The van der Waals surface area contributed by atoms with Crippen molar-refractivity contribution < 1.29 is 8.42 Å². The summed E-state index contributed by atoms with van der Waals surface area (Å²) in [7, 11) is -2.96. The van der Waals surface area contributed by atoms with E-state index in [1.54, 1.807) is 4.31 Å². The Morgan fingerprint density at radius 3 is 2.27 bits per heavy atom. The lowest BCUT2D eigenvalue weighted by molar-refractivity contribution is 0.217. The van der Waals surface area contributed by atoms with Crippen molar-refractivity contribution >= 4 is 10.0 Å². The topological polar surface area (TPSA) is 49.4 Å². The smallest absolute Gasteiger partial charge is 0.211 e. The average Bonchev–Trinajstić information content (AvgIpc) is 2.69. The zero-order valence-electron chi connectivity index (χ0n) is 9.28. The van der Waals surface area contributed by atoms with E-state index in [0.29, 0.717) is 0 Å². The highest BCUT2D eigenvalue weighted by Crippen LogP contribution is 2.29. The van der Waals surface area contributed by atoms with Crippen LogP contribution in [0.25, 0.3) is 0 Å². The van der Waals surface area contributed by atoms with E-state index in [1.807, 2.05) is 0 Å². The van der Waals surface area contributed by atoms with Gasteiger partial charge in [-0.15, -0.1) is 0 Å². The monoisotopic (exact) mass is 232 g/mol. The van der Waals surface area contributed by atoms with E-state index in [-0.39, 0.29) is 0 Å². The summed E-state index contributed by atoms with van der Waals surface area (Å²) in [5, 5.41) is 3.38. The van der Waals surface area contributed by atoms with Gasteiger partial charge in [0, 0.05) is 13.1 Å². The van der Waals surface area contributed by atoms with E-state index < -0.39 is 10.0 Å². The number of rotatable bonds is 2. The molecule has 1 N–H and O–H groups in total. The molecule has 0 aromatic rings. The first-order valence-electron chi connectivity index (χ1n) is 5.73. The summed E-state index contributed by atoms with van der Waals surface area (Å²) in [6.45, 7) is 3.71. The molecule has 0 amide bonds. The van der Waals surface area contributed by atoms with Gasteiger partial charge in [-0.1, -0.05) is 0 Å². The number of sulfonamides is 1. The van der Waals surface area contributed by atoms with Gasteiger partial charge in [-0.05, 0) is 44.2 Å². The van der Waals surface area contributed by atoms with E-state index in [0.717, 1.165) is 50.9 Å². The van der Waals surface area contributed by atoms with Crippen LogP contribution in [0.5, 0.6) is 0 Å². The fourth-order valence-electron chi connectivity index (χ4n) is 2.76. The van der Waals surface area contributed by atoms with E-state index in [4.69, 9.17) is 0 Å². The molecule has 2 rings (SSSR count). The number of hydrogen-bond acceptors (Lipinski definition) is 3. The summed E-state index contributed by atoms with van der Waals surface area (Å²) in [5.74, 6) is 1.52. The Kier molecular flexibility index (Phi) is 3.33. The normalized spacial score (nSPS) is 30.9. The molecule has 88 valence electrons. The van der Waals surface area contributed by atoms with Crippen LogP contribution < -0.4 is 5.32 Å². The summed E-state index contributed by atoms with van der Waals surface area (Å²) >= 11 is 0. The molecule has 2 fully saturated rings. The summed E-state index contributed by atoms with van der Waals surface area (Å²) in [5.41, 5.74) is 0. The third kappa shape index (κ3) is 2.71. The van der Waals surface area contributed by atoms with E-state index in [9.17, 15) is 8.42 Å². The largest absolute Gasteiger partial charge is 0.316 e. The Morgan fingerprint density at radius 1 is 1.13 bits per heavy atom. The van der Waals surface area contributed by atoms with Gasteiger partial charge in [0.15, 0.2) is 0 Å². The van der Waals surface area contributed by atoms with E-state index in [2.05, 4.69) is 5.32 Å². The van der Waals surface area contributed by atoms with Crippen molar-refractivity contribution in [1.29, 1.82) is 0 Å². The van der Waals surface area contributed by atoms with Crippen molar-refractivity contribution in [2.24, 2.45) is 11.8 Å². The molecule has 5 heteroatoms. The molecule has 0 aromatic heterocycles. The van der Waals surface area contributed by atoms with Crippen LogP contribution in [0.2, 0.25) is 0 Å². The Hall–Kier alpha value is -0.130. The Labute approximate surface area is 92.1 Å². The van der Waals surface area contributed by atoms with E-state index >= 15 is 0 Å². The first kappa shape index (κ1) is 11.4. The maximum Gasteiger partial charge on any atom is 0.211 e. The van der Waals surface area contributed by atoms with Gasteiger partial charge in [0.05, 0.1) is 6.26 Å². The average molecular weight is 232 g/mol. The minimum absolute atomic E-state index is 0.722. The Bertz CT molecular complexity index is 301. The van der Waals surface area contributed by atoms with Crippen LogP contribution in [-0.2, 0) is 10.0 Å². The minimum Gasteiger partial charge on any atom is -0.316 e. The molecule has 2 heterocycles. The molecule has 0 aliphatic carbocycles. The third-order valence-corrected chi connectivity index (χ3v) is 5.04. The van der Waals surface area contributed by atoms with E-state index in [1.165, 1.54) is 12.7 Å². The summed E-state index contributed by atoms with van der Waals surface area (Å²) < 4.78 is 24.3. The van der Waals surface area contributed by atoms with Gasteiger partial charge >= 0.3 is 0 Å². The van der Waals surface area contributed by atoms with Gasteiger partial charge in [-0.3, -0.25) is 0 Å². The quantitative estimate of drug-likeness (QED) is 0.743. The van der Waals surface area contributed by atoms with Gasteiger partial charge in [0.2, 0.25) is 10.0 Å². The van der Waals surface area contributed by atoms with Crippen LogP contribution in [0, 0.1) is 11.8 Å². The van der Waals surface area contributed by atoms with Gasteiger partial charge in [0.25, 0.3) is 0 Å². The number of nitrogens with one attached hydrogen (secondary N) is 1. The molecule has 4 nitrogen and oxygen atoms in total. The first-order valence-corrected chi connectivity index (χ1v) is 7.58. The maximum absolute atomic E-state index is 11.3. The number of piperidine rings is 1. The predicted molar refractivity (Wildman–Crippen MR) is 60.1 cm³/mol. The number of hydrogen-bond donors (Lipinski definition) is 1. The number of nitrogens with zero attached hydrogens (tertiary/aromatic N) is 1. The maximum atomic E-state index is 11.3. The molecule has 2 aliphatic heterocycles. The second-order valence-electron chi connectivity index (χ2n) is 4.75. The summed E-state index contributed by atoms with van der Waals surface area (Å²) in [6, 6.07) is 0. The molecule has 2 aliphatic rings. The standard InChI is InChI=1S/C10H20N2O2S/c1-15(13,14)12-6-3-9(4-7-12)10-2-5-11-8-10/h9-11H,2-8H2,1H3/t10-/m1/s1. The third-order valence-electron chi connectivity index (χ3n) is 3.73. The Balaban J connectivity index is 1.86.